The van der Waals surface area contributed by atoms with Crippen LogP contribution in [-0.4, -0.2) is 23.1 Å². The molecule has 0 bridgehead atoms. The van der Waals surface area contributed by atoms with E-state index in [-0.39, 0.29) is 11.4 Å². The van der Waals surface area contributed by atoms with Crippen molar-refractivity contribution < 1.29 is 22.7 Å². The summed E-state index contributed by atoms with van der Waals surface area (Å²) in [4.78, 5) is 21.5. The number of hydrogen-bond acceptors (Lipinski definition) is 4. The molecule has 0 atom stereocenters. The molecule has 1 heterocycles. The highest BCUT2D eigenvalue weighted by Gasteiger charge is 2.34. The summed E-state index contributed by atoms with van der Waals surface area (Å²) >= 11 is 5.60. The highest BCUT2D eigenvalue weighted by molar-refractivity contribution is 6.31. The predicted molar refractivity (Wildman–Crippen MR) is 98.3 cm³/mol. The molecule has 3 aromatic rings. The van der Waals surface area contributed by atoms with Gasteiger partial charge in [0, 0.05) is 30.7 Å². The lowest BCUT2D eigenvalue weighted by Crippen LogP contribution is -2.29. The zero-order valence-corrected chi connectivity index (χ0v) is 15.2. The first-order chi connectivity index (χ1) is 13.3. The molecular formula is C19H13ClF3N3O2. The maximum absolute atomic E-state index is 13.0. The number of alkyl halides is 3. The largest absolute Gasteiger partial charge is 0.419 e. The van der Waals surface area contributed by atoms with E-state index in [1.54, 1.807) is 30.5 Å². The Labute approximate surface area is 163 Å². The molecule has 5 nitrogen and oxygen atoms in total. The highest BCUT2D eigenvalue weighted by Crippen LogP contribution is 2.37. The van der Waals surface area contributed by atoms with E-state index in [1.165, 1.54) is 25.5 Å². The Bertz CT molecular complexity index is 997. The molecule has 3 rings (SSSR count). The number of hydrogen-bond donors (Lipinski definition) is 0. The molecule has 0 radical (unpaired) electrons. The molecule has 1 amide bonds. The van der Waals surface area contributed by atoms with Crippen molar-refractivity contribution in [2.45, 2.75) is 6.18 Å². The van der Waals surface area contributed by atoms with Crippen LogP contribution in [0.4, 0.5) is 23.7 Å². The molecule has 0 aliphatic carbocycles. The third-order valence-electron chi connectivity index (χ3n) is 3.81. The van der Waals surface area contributed by atoms with Gasteiger partial charge in [0.05, 0.1) is 22.5 Å². The van der Waals surface area contributed by atoms with Crippen LogP contribution >= 0.6 is 11.6 Å². The van der Waals surface area contributed by atoms with Crippen LogP contribution in [0.2, 0.25) is 5.02 Å². The highest BCUT2D eigenvalue weighted by atomic mass is 35.5. The van der Waals surface area contributed by atoms with Crippen LogP contribution in [0.15, 0.2) is 61.1 Å². The van der Waals surface area contributed by atoms with E-state index in [4.69, 9.17) is 16.3 Å². The number of anilines is 1. The van der Waals surface area contributed by atoms with Gasteiger partial charge < -0.3 is 4.74 Å². The lowest BCUT2D eigenvalue weighted by molar-refractivity contribution is -0.137. The van der Waals surface area contributed by atoms with Crippen LogP contribution in [0.3, 0.4) is 0 Å². The smallest absolute Gasteiger partial charge is 0.410 e. The third kappa shape index (κ3) is 4.40. The average Bonchev–Trinajstić information content (AvgIpc) is 2.68. The summed E-state index contributed by atoms with van der Waals surface area (Å²) in [5.41, 5.74) is 0.218. The second-order valence-corrected chi connectivity index (χ2v) is 6.11. The molecule has 0 aliphatic rings. The normalized spacial score (nSPS) is 11.2. The average molecular weight is 408 g/mol. The number of rotatable bonds is 3. The first-order valence-corrected chi connectivity index (χ1v) is 8.32. The van der Waals surface area contributed by atoms with Gasteiger partial charge in [-0.15, -0.1) is 0 Å². The minimum absolute atomic E-state index is 0.00759. The Morgan fingerprint density at radius 1 is 1.14 bits per heavy atom. The molecule has 0 aliphatic heterocycles. The summed E-state index contributed by atoms with van der Waals surface area (Å²) in [6, 6.07) is 9.73. The summed E-state index contributed by atoms with van der Waals surface area (Å²) in [5.74, 6) is 0.213. The third-order valence-corrected chi connectivity index (χ3v) is 4.14. The molecule has 0 N–H and O–H groups in total. The van der Waals surface area contributed by atoms with Crippen LogP contribution in [0, 0.1) is 0 Å². The van der Waals surface area contributed by atoms with Gasteiger partial charge in [-0.3, -0.25) is 14.9 Å². The summed E-state index contributed by atoms with van der Waals surface area (Å²) in [6.07, 6.45) is -0.876. The van der Waals surface area contributed by atoms with Crippen molar-refractivity contribution in [2.75, 3.05) is 11.9 Å². The SMILES string of the molecule is CN(C(=O)Oc1cccc(-c2cnccn2)c1)c1ccc(Cl)c(C(F)(F)F)c1. The van der Waals surface area contributed by atoms with E-state index < -0.39 is 22.9 Å². The van der Waals surface area contributed by atoms with E-state index in [2.05, 4.69) is 9.97 Å². The van der Waals surface area contributed by atoms with Crippen molar-refractivity contribution in [3.05, 3.63) is 71.6 Å². The van der Waals surface area contributed by atoms with Gasteiger partial charge in [0.15, 0.2) is 0 Å². The van der Waals surface area contributed by atoms with Crippen LogP contribution < -0.4 is 9.64 Å². The van der Waals surface area contributed by atoms with Gasteiger partial charge in [0.1, 0.15) is 5.75 Å². The zero-order valence-electron chi connectivity index (χ0n) is 14.4. The van der Waals surface area contributed by atoms with Gasteiger partial charge in [0.2, 0.25) is 0 Å². The number of aromatic nitrogens is 2. The molecule has 0 unspecified atom stereocenters. The van der Waals surface area contributed by atoms with Crippen LogP contribution in [-0.2, 0) is 6.18 Å². The van der Waals surface area contributed by atoms with Gasteiger partial charge >= 0.3 is 12.3 Å². The Morgan fingerprint density at radius 2 is 1.93 bits per heavy atom. The molecule has 0 saturated carbocycles. The molecule has 144 valence electrons. The Kier molecular flexibility index (Phi) is 5.51. The summed E-state index contributed by atoms with van der Waals surface area (Å²) in [7, 11) is 1.30. The quantitative estimate of drug-likeness (QED) is 0.579. The van der Waals surface area contributed by atoms with E-state index in [9.17, 15) is 18.0 Å². The maximum Gasteiger partial charge on any atom is 0.419 e. The molecule has 0 spiro atoms. The summed E-state index contributed by atoms with van der Waals surface area (Å²) in [5, 5.41) is -0.449. The minimum atomic E-state index is -4.64. The van der Waals surface area contributed by atoms with Crippen LogP contribution in [0.5, 0.6) is 5.75 Å². The van der Waals surface area contributed by atoms with Crippen LogP contribution in [0.25, 0.3) is 11.3 Å². The number of carbonyl (C=O) groups is 1. The standard InChI is InChI=1S/C19H13ClF3N3O2/c1-26(13-5-6-16(20)15(10-13)19(21,22)23)18(27)28-14-4-2-3-12(9-14)17-11-24-7-8-25-17/h2-11H,1H3. The maximum atomic E-state index is 13.0. The Hall–Kier alpha value is -3.13. The van der Waals surface area contributed by atoms with Crippen LogP contribution in [0.1, 0.15) is 5.56 Å². The number of nitrogens with zero attached hydrogens (tertiary/aromatic N) is 3. The molecule has 0 saturated heterocycles. The monoisotopic (exact) mass is 407 g/mol. The van der Waals surface area contributed by atoms with Crippen molar-refractivity contribution in [2.24, 2.45) is 0 Å². The first kappa shape index (κ1) is 19.6. The van der Waals surface area contributed by atoms with E-state index in [0.29, 0.717) is 11.3 Å². The summed E-state index contributed by atoms with van der Waals surface area (Å²) < 4.78 is 44.3. The van der Waals surface area contributed by atoms with Gasteiger partial charge in [-0.1, -0.05) is 23.7 Å². The summed E-state index contributed by atoms with van der Waals surface area (Å²) in [6.45, 7) is 0. The predicted octanol–water partition coefficient (Wildman–Crippen LogP) is 5.45. The fraction of sp³-hybridized carbons (Fsp3) is 0.105. The number of amides is 1. The molecular weight excluding hydrogens is 395 g/mol. The minimum Gasteiger partial charge on any atom is -0.410 e. The Morgan fingerprint density at radius 3 is 2.61 bits per heavy atom. The topological polar surface area (TPSA) is 55.3 Å². The van der Waals surface area contributed by atoms with Gasteiger partial charge in [0.25, 0.3) is 0 Å². The molecule has 2 aromatic carbocycles. The van der Waals surface area contributed by atoms with Crippen molar-refractivity contribution in [3.63, 3.8) is 0 Å². The zero-order chi connectivity index (χ0) is 20.3. The van der Waals surface area contributed by atoms with E-state index in [0.717, 1.165) is 17.0 Å². The number of halogens is 4. The second kappa shape index (κ2) is 7.85. The lowest BCUT2D eigenvalue weighted by atomic mass is 10.1. The number of ether oxygens (including phenoxy) is 1. The molecule has 1 aromatic heterocycles. The number of benzene rings is 2. The van der Waals surface area contributed by atoms with E-state index >= 15 is 0 Å². The van der Waals surface area contributed by atoms with Gasteiger partial charge in [-0.2, -0.15) is 13.2 Å². The van der Waals surface area contributed by atoms with Gasteiger partial charge in [-0.05, 0) is 30.3 Å². The fourth-order valence-electron chi connectivity index (χ4n) is 2.38. The molecule has 28 heavy (non-hydrogen) atoms. The lowest BCUT2D eigenvalue weighted by Gasteiger charge is -2.19. The molecule has 9 heteroatoms. The van der Waals surface area contributed by atoms with Crippen molar-refractivity contribution in [1.29, 1.82) is 0 Å². The van der Waals surface area contributed by atoms with E-state index in [1.807, 2.05) is 0 Å². The Balaban J connectivity index is 1.80. The fourth-order valence-corrected chi connectivity index (χ4v) is 2.61. The van der Waals surface area contributed by atoms with Crippen molar-refractivity contribution in [1.82, 2.24) is 9.97 Å². The van der Waals surface area contributed by atoms with Crippen molar-refractivity contribution in [3.8, 4) is 17.0 Å². The number of carbonyl (C=O) groups excluding carboxylic acids is 1. The first-order valence-electron chi connectivity index (χ1n) is 7.94. The van der Waals surface area contributed by atoms with Crippen molar-refractivity contribution >= 4 is 23.4 Å². The molecule has 0 fully saturated rings. The van der Waals surface area contributed by atoms with Gasteiger partial charge in [-0.25, -0.2) is 4.79 Å². The second-order valence-electron chi connectivity index (χ2n) is 5.71.